The largest absolute Gasteiger partial charge is 0.380 e. The third-order valence-corrected chi connectivity index (χ3v) is 6.81. The Morgan fingerprint density at radius 1 is 1.24 bits per heavy atom. The lowest BCUT2D eigenvalue weighted by molar-refractivity contribution is -0.301. The Morgan fingerprint density at radius 2 is 1.97 bits per heavy atom. The average Bonchev–Trinajstić information content (AvgIpc) is 3.13. The number of aldehydes is 1. The van der Waals surface area contributed by atoms with E-state index in [4.69, 9.17) is 4.74 Å². The summed E-state index contributed by atoms with van der Waals surface area (Å²) in [5.41, 5.74) is -1.89. The molecule has 0 radical (unpaired) electrons. The SMILES string of the molecule is CNC(=O)C(O)(CCC=O)N1C(=O)c2cccc(NCc3cc(CN4CCOCC4)ccc3F)c2C1(O)O. The molecule has 0 spiro atoms. The van der Waals surface area contributed by atoms with Crippen molar-refractivity contribution in [1.29, 1.82) is 0 Å². The first-order valence-electron chi connectivity index (χ1n) is 12.3. The summed E-state index contributed by atoms with van der Waals surface area (Å²) in [6.07, 6.45) is -0.458. The second-order valence-corrected chi connectivity index (χ2v) is 9.27. The van der Waals surface area contributed by atoms with E-state index in [-0.39, 0.29) is 34.7 Å². The van der Waals surface area contributed by atoms with Crippen LogP contribution in [0.3, 0.4) is 0 Å². The molecule has 2 aliphatic rings. The lowest BCUT2D eigenvalue weighted by Crippen LogP contribution is -2.64. The van der Waals surface area contributed by atoms with Crippen LogP contribution in [0, 0.1) is 5.82 Å². The van der Waals surface area contributed by atoms with Crippen LogP contribution >= 0.6 is 0 Å². The molecule has 1 atom stereocenters. The Morgan fingerprint density at radius 3 is 2.66 bits per heavy atom. The zero-order chi connectivity index (χ0) is 27.5. The summed E-state index contributed by atoms with van der Waals surface area (Å²) in [6.45, 7) is 3.40. The molecule has 1 saturated heterocycles. The standard InChI is InChI=1S/C26H31FN4O7/c1-28-24(34)25(35,8-3-11-32)31-23(33)19-4-2-5-21(22(19)26(31,36)37)29-15-18-14-17(6-7-20(18)27)16-30-9-12-38-13-10-30/h2,4-7,11,14,29,35-37H,3,8-10,12-13,15-16H2,1H3,(H,28,34). The van der Waals surface area contributed by atoms with E-state index in [0.29, 0.717) is 31.6 Å². The molecule has 11 nitrogen and oxygen atoms in total. The van der Waals surface area contributed by atoms with Gasteiger partial charge in [0.2, 0.25) is 5.72 Å². The van der Waals surface area contributed by atoms with Crippen molar-refractivity contribution in [1.82, 2.24) is 15.1 Å². The first-order chi connectivity index (χ1) is 18.1. The number of rotatable bonds is 10. The number of benzene rings is 2. The highest BCUT2D eigenvalue weighted by molar-refractivity contribution is 6.04. The predicted molar refractivity (Wildman–Crippen MR) is 133 cm³/mol. The number of fused-ring (bicyclic) bond motifs is 1. The van der Waals surface area contributed by atoms with Gasteiger partial charge >= 0.3 is 0 Å². The van der Waals surface area contributed by atoms with Gasteiger partial charge in [0, 0.05) is 57.3 Å². The highest BCUT2D eigenvalue weighted by atomic mass is 19.1. The minimum atomic E-state index is -3.11. The number of hydrogen-bond acceptors (Lipinski definition) is 9. The Balaban J connectivity index is 1.61. The Kier molecular flexibility index (Phi) is 8.09. The summed E-state index contributed by atoms with van der Waals surface area (Å²) in [5.74, 6) is -5.70. The highest BCUT2D eigenvalue weighted by Crippen LogP contribution is 2.44. The molecule has 38 heavy (non-hydrogen) atoms. The summed E-state index contributed by atoms with van der Waals surface area (Å²) in [5, 5.41) is 38.5. The topological polar surface area (TPSA) is 152 Å². The average molecular weight is 531 g/mol. The van der Waals surface area contributed by atoms with Gasteiger partial charge in [0.1, 0.15) is 12.1 Å². The number of anilines is 1. The predicted octanol–water partition coefficient (Wildman–Crippen LogP) is 0.234. The minimum absolute atomic E-state index is 0.0473. The van der Waals surface area contributed by atoms with Crippen molar-refractivity contribution in [2.75, 3.05) is 38.7 Å². The number of morpholine rings is 1. The molecule has 2 aromatic carbocycles. The molecular weight excluding hydrogens is 499 g/mol. The van der Waals surface area contributed by atoms with Crippen LogP contribution in [0.4, 0.5) is 10.1 Å². The molecule has 1 unspecified atom stereocenters. The molecule has 4 rings (SSSR count). The van der Waals surface area contributed by atoms with Crippen molar-refractivity contribution in [3.63, 3.8) is 0 Å². The van der Waals surface area contributed by atoms with Gasteiger partial charge in [-0.3, -0.25) is 14.5 Å². The molecule has 0 aliphatic carbocycles. The number of nitrogens with one attached hydrogen (secondary N) is 2. The fraction of sp³-hybridized carbons (Fsp3) is 0.423. The molecule has 12 heteroatoms. The molecule has 2 aromatic rings. The second-order valence-electron chi connectivity index (χ2n) is 9.27. The zero-order valence-corrected chi connectivity index (χ0v) is 20.9. The lowest BCUT2D eigenvalue weighted by Gasteiger charge is -2.41. The molecule has 2 heterocycles. The van der Waals surface area contributed by atoms with Crippen LogP contribution in [-0.2, 0) is 33.3 Å². The molecule has 0 saturated carbocycles. The first kappa shape index (κ1) is 27.6. The third kappa shape index (κ3) is 5.13. The number of amides is 2. The van der Waals surface area contributed by atoms with Crippen molar-refractivity contribution in [2.45, 2.75) is 37.6 Å². The number of carbonyl (C=O) groups excluding carboxylic acids is 3. The fourth-order valence-corrected chi connectivity index (χ4v) is 4.90. The van der Waals surface area contributed by atoms with Crippen LogP contribution < -0.4 is 10.6 Å². The van der Waals surface area contributed by atoms with E-state index in [0.717, 1.165) is 18.7 Å². The summed E-state index contributed by atoms with van der Waals surface area (Å²) >= 11 is 0. The molecule has 0 bridgehead atoms. The molecular formula is C26H31FN4O7. The number of likely N-dealkylation sites (N-methyl/N-ethyl adjacent to an activating group) is 1. The monoisotopic (exact) mass is 530 g/mol. The van der Waals surface area contributed by atoms with Crippen LogP contribution in [0.5, 0.6) is 0 Å². The van der Waals surface area contributed by atoms with E-state index in [1.165, 1.54) is 31.3 Å². The number of aliphatic hydroxyl groups is 3. The van der Waals surface area contributed by atoms with E-state index in [9.17, 15) is 34.1 Å². The number of nitrogens with zero attached hydrogens (tertiary/aromatic N) is 2. The Hall–Kier alpha value is -3.42. The van der Waals surface area contributed by atoms with E-state index in [1.54, 1.807) is 12.1 Å². The molecule has 2 amide bonds. The smallest absolute Gasteiger partial charge is 0.283 e. The van der Waals surface area contributed by atoms with Crippen molar-refractivity contribution in [2.24, 2.45) is 0 Å². The van der Waals surface area contributed by atoms with Gasteiger partial charge in [0.05, 0.1) is 24.3 Å². The Labute approximate surface area is 218 Å². The fourth-order valence-electron chi connectivity index (χ4n) is 4.90. The van der Waals surface area contributed by atoms with Gasteiger partial charge in [0.15, 0.2) is 0 Å². The maximum absolute atomic E-state index is 14.7. The highest BCUT2D eigenvalue weighted by Gasteiger charge is 2.60. The van der Waals surface area contributed by atoms with Crippen LogP contribution in [0.15, 0.2) is 36.4 Å². The van der Waals surface area contributed by atoms with Crippen LogP contribution in [-0.4, -0.2) is 82.3 Å². The zero-order valence-electron chi connectivity index (χ0n) is 20.9. The van der Waals surface area contributed by atoms with Crippen molar-refractivity contribution in [3.8, 4) is 0 Å². The summed E-state index contributed by atoms with van der Waals surface area (Å²) < 4.78 is 20.0. The van der Waals surface area contributed by atoms with Gasteiger partial charge in [-0.2, -0.15) is 0 Å². The summed E-state index contributed by atoms with van der Waals surface area (Å²) in [4.78, 5) is 39.2. The van der Waals surface area contributed by atoms with E-state index < -0.39 is 35.7 Å². The van der Waals surface area contributed by atoms with Gasteiger partial charge in [0.25, 0.3) is 17.7 Å². The van der Waals surface area contributed by atoms with Gasteiger partial charge in [-0.25, -0.2) is 9.29 Å². The normalized spacial score (nSPS) is 18.6. The molecule has 0 aromatic heterocycles. The Bertz CT molecular complexity index is 1220. The van der Waals surface area contributed by atoms with Crippen molar-refractivity contribution in [3.05, 3.63) is 64.5 Å². The number of hydrogen-bond donors (Lipinski definition) is 5. The van der Waals surface area contributed by atoms with Crippen molar-refractivity contribution < 1.29 is 38.8 Å². The first-order valence-corrected chi connectivity index (χ1v) is 12.3. The van der Waals surface area contributed by atoms with E-state index in [2.05, 4.69) is 15.5 Å². The summed E-state index contributed by atoms with van der Waals surface area (Å²) in [6, 6.07) is 9.05. The number of halogens is 1. The van der Waals surface area contributed by atoms with Crippen LogP contribution in [0.2, 0.25) is 0 Å². The number of carbonyl (C=O) groups is 3. The van der Waals surface area contributed by atoms with Gasteiger partial charge in [-0.15, -0.1) is 0 Å². The maximum Gasteiger partial charge on any atom is 0.283 e. The van der Waals surface area contributed by atoms with E-state index >= 15 is 0 Å². The summed E-state index contributed by atoms with van der Waals surface area (Å²) in [7, 11) is 1.20. The molecule has 204 valence electrons. The van der Waals surface area contributed by atoms with Crippen molar-refractivity contribution >= 4 is 23.8 Å². The van der Waals surface area contributed by atoms with Gasteiger partial charge in [-0.05, 0) is 29.8 Å². The van der Waals surface area contributed by atoms with Gasteiger partial charge in [-0.1, -0.05) is 12.1 Å². The van der Waals surface area contributed by atoms with Crippen LogP contribution in [0.1, 0.15) is 39.9 Å². The third-order valence-electron chi connectivity index (χ3n) is 6.81. The molecule has 2 aliphatic heterocycles. The number of ether oxygens (including phenoxy) is 1. The maximum atomic E-state index is 14.7. The minimum Gasteiger partial charge on any atom is -0.380 e. The quantitative estimate of drug-likeness (QED) is 0.215. The van der Waals surface area contributed by atoms with E-state index in [1.807, 2.05) is 0 Å². The lowest BCUT2D eigenvalue weighted by atomic mass is 10.0. The second kappa shape index (κ2) is 11.1. The van der Waals surface area contributed by atoms with Gasteiger partial charge < -0.3 is 35.5 Å². The molecule has 1 fully saturated rings. The molecule has 5 N–H and O–H groups in total. The van der Waals surface area contributed by atoms with Crippen LogP contribution in [0.25, 0.3) is 0 Å².